The maximum absolute atomic E-state index is 5.09. The van der Waals surface area contributed by atoms with Gasteiger partial charge in [-0.1, -0.05) is 6.92 Å². The Labute approximate surface area is 67.1 Å². The van der Waals surface area contributed by atoms with Crippen LogP contribution in [0.3, 0.4) is 0 Å². The van der Waals surface area contributed by atoms with Crippen LogP contribution in [0, 0.1) is 0 Å². The highest BCUT2D eigenvalue weighted by Gasteiger charge is 1.97. The van der Waals surface area contributed by atoms with Gasteiger partial charge in [-0.05, 0) is 25.6 Å². The third-order valence-electron chi connectivity index (χ3n) is 1.15. The maximum Gasteiger partial charge on any atom is 0.190 e. The quantitative estimate of drug-likeness (QED) is 0.475. The van der Waals surface area contributed by atoms with Crippen LogP contribution in [0.25, 0.3) is 0 Å². The summed E-state index contributed by atoms with van der Waals surface area (Å²) in [4.78, 5) is 5.09. The van der Waals surface area contributed by atoms with E-state index in [0.717, 1.165) is 6.42 Å². The van der Waals surface area contributed by atoms with Gasteiger partial charge in [0.1, 0.15) is 0 Å². The van der Waals surface area contributed by atoms with Crippen molar-refractivity contribution in [3.05, 3.63) is 0 Å². The zero-order valence-corrected chi connectivity index (χ0v) is 7.42. The van der Waals surface area contributed by atoms with Gasteiger partial charge in [0, 0.05) is 7.05 Å². The van der Waals surface area contributed by atoms with Crippen LogP contribution < -0.4 is 10.8 Å². The van der Waals surface area contributed by atoms with Crippen molar-refractivity contribution < 1.29 is 4.84 Å². The van der Waals surface area contributed by atoms with Gasteiger partial charge in [0.2, 0.25) is 0 Å². The Morgan fingerprint density at radius 3 is 2.70 bits per heavy atom. The van der Waals surface area contributed by atoms with Crippen LogP contribution in [0.5, 0.6) is 0 Å². The molecule has 0 saturated carbocycles. The van der Waals surface area contributed by atoms with Gasteiger partial charge in [-0.2, -0.15) is 0 Å². The largest absolute Gasteiger partial charge is 0.364 e. The van der Waals surface area contributed by atoms with Gasteiger partial charge in [-0.15, -0.1) is 0 Å². The predicted octanol–water partition coefficient (Wildman–Crippen LogP) is 0.810. The highest BCUT2D eigenvalue weighted by Crippen LogP contribution is 1.91. The van der Waals surface area contributed by atoms with Crippen LogP contribution in [0.2, 0.25) is 0 Å². The van der Waals surface area contributed by atoms with Crippen LogP contribution in [0.15, 0.2) is 0 Å². The van der Waals surface area contributed by atoms with Gasteiger partial charge in [-0.25, -0.2) is 5.48 Å². The predicted molar refractivity (Wildman–Crippen MR) is 45.6 cm³/mol. The lowest BCUT2D eigenvalue weighted by atomic mass is 10.3. The molecule has 0 aliphatic carbocycles. The zero-order valence-electron chi connectivity index (χ0n) is 6.60. The third kappa shape index (κ3) is 4.52. The van der Waals surface area contributed by atoms with Gasteiger partial charge in [0.25, 0.3) is 0 Å². The molecule has 0 fully saturated rings. The Balaban J connectivity index is 3.26. The SMILES string of the molecule is CCC(C)ONC(=S)NC. The number of rotatable bonds is 3. The third-order valence-corrected chi connectivity index (χ3v) is 1.44. The number of nitrogens with one attached hydrogen (secondary N) is 2. The zero-order chi connectivity index (χ0) is 7.98. The Morgan fingerprint density at radius 1 is 1.70 bits per heavy atom. The summed E-state index contributed by atoms with van der Waals surface area (Å²) >= 11 is 4.77. The molecule has 0 saturated heterocycles. The lowest BCUT2D eigenvalue weighted by Gasteiger charge is -2.11. The summed E-state index contributed by atoms with van der Waals surface area (Å²) < 4.78 is 0. The summed E-state index contributed by atoms with van der Waals surface area (Å²) in [6.07, 6.45) is 1.17. The first-order valence-electron chi connectivity index (χ1n) is 3.34. The fraction of sp³-hybridized carbons (Fsp3) is 0.833. The molecule has 0 aromatic rings. The van der Waals surface area contributed by atoms with Crippen molar-refractivity contribution in [1.82, 2.24) is 10.8 Å². The molecule has 0 heterocycles. The van der Waals surface area contributed by atoms with Gasteiger partial charge < -0.3 is 5.32 Å². The highest BCUT2D eigenvalue weighted by atomic mass is 32.1. The molecule has 1 unspecified atom stereocenters. The summed E-state index contributed by atoms with van der Waals surface area (Å²) in [5.41, 5.74) is 2.60. The first-order valence-corrected chi connectivity index (χ1v) is 3.74. The molecule has 0 radical (unpaired) electrons. The molecule has 0 spiro atoms. The summed E-state index contributed by atoms with van der Waals surface area (Å²) in [7, 11) is 1.75. The molecule has 0 aromatic carbocycles. The Bertz CT molecular complexity index is 108. The smallest absolute Gasteiger partial charge is 0.190 e. The fourth-order valence-electron chi connectivity index (χ4n) is 0.288. The maximum atomic E-state index is 5.09. The lowest BCUT2D eigenvalue weighted by Crippen LogP contribution is -2.34. The lowest BCUT2D eigenvalue weighted by molar-refractivity contribution is 0.0196. The van der Waals surface area contributed by atoms with Crippen molar-refractivity contribution in [2.75, 3.05) is 7.05 Å². The van der Waals surface area contributed by atoms with Gasteiger partial charge in [0.15, 0.2) is 5.11 Å². The van der Waals surface area contributed by atoms with Crippen molar-refractivity contribution in [2.24, 2.45) is 0 Å². The Hall–Kier alpha value is -0.350. The van der Waals surface area contributed by atoms with Crippen molar-refractivity contribution in [1.29, 1.82) is 0 Å². The van der Waals surface area contributed by atoms with Crippen LogP contribution in [-0.4, -0.2) is 18.3 Å². The van der Waals surface area contributed by atoms with Crippen LogP contribution >= 0.6 is 12.2 Å². The van der Waals surface area contributed by atoms with E-state index in [-0.39, 0.29) is 6.10 Å². The average Bonchev–Trinajstić information content (AvgIpc) is 1.99. The monoisotopic (exact) mass is 162 g/mol. The minimum atomic E-state index is 0.200. The first kappa shape index (κ1) is 9.65. The van der Waals surface area contributed by atoms with E-state index in [9.17, 15) is 0 Å². The molecule has 60 valence electrons. The molecule has 0 aliphatic heterocycles. The first-order chi connectivity index (χ1) is 4.70. The number of hydrogen-bond acceptors (Lipinski definition) is 2. The Kier molecular flexibility index (Phi) is 5.25. The van der Waals surface area contributed by atoms with E-state index in [0.29, 0.717) is 5.11 Å². The summed E-state index contributed by atoms with van der Waals surface area (Å²) in [6, 6.07) is 0. The van der Waals surface area contributed by atoms with Crippen LogP contribution in [0.4, 0.5) is 0 Å². The molecule has 3 nitrogen and oxygen atoms in total. The van der Waals surface area contributed by atoms with Gasteiger partial charge in [-0.3, -0.25) is 4.84 Å². The Morgan fingerprint density at radius 2 is 2.30 bits per heavy atom. The van der Waals surface area contributed by atoms with Crippen LogP contribution in [0.1, 0.15) is 20.3 Å². The normalized spacial score (nSPS) is 12.3. The van der Waals surface area contributed by atoms with Gasteiger partial charge in [0.05, 0.1) is 6.10 Å². The molecule has 10 heavy (non-hydrogen) atoms. The molecule has 0 aliphatic rings. The molecule has 0 rings (SSSR count). The second-order valence-corrected chi connectivity index (χ2v) is 2.43. The molecule has 4 heteroatoms. The number of hydroxylamine groups is 1. The molecule has 0 bridgehead atoms. The summed E-state index contributed by atoms with van der Waals surface area (Å²) in [6.45, 7) is 4.03. The minimum Gasteiger partial charge on any atom is -0.364 e. The van der Waals surface area contributed by atoms with Crippen molar-refractivity contribution >= 4 is 17.3 Å². The summed E-state index contributed by atoms with van der Waals surface area (Å²) in [5.74, 6) is 0. The second-order valence-electron chi connectivity index (χ2n) is 2.02. The average molecular weight is 162 g/mol. The molecular formula is C6H14N2OS. The molecule has 2 N–H and O–H groups in total. The van der Waals surface area contributed by atoms with Crippen molar-refractivity contribution in [3.8, 4) is 0 Å². The molecule has 0 aromatic heterocycles. The van der Waals surface area contributed by atoms with E-state index in [4.69, 9.17) is 17.1 Å². The van der Waals surface area contributed by atoms with E-state index in [1.54, 1.807) is 7.05 Å². The van der Waals surface area contributed by atoms with Crippen molar-refractivity contribution in [2.45, 2.75) is 26.4 Å². The van der Waals surface area contributed by atoms with Crippen molar-refractivity contribution in [3.63, 3.8) is 0 Å². The standard InChI is InChI=1S/C6H14N2OS/c1-4-5(2)9-8-6(10)7-3/h5H,4H2,1-3H3,(H2,7,8,10). The summed E-state index contributed by atoms with van der Waals surface area (Å²) in [5, 5.41) is 3.25. The van der Waals surface area contributed by atoms with E-state index < -0.39 is 0 Å². The van der Waals surface area contributed by atoms with E-state index in [2.05, 4.69) is 17.7 Å². The number of hydrogen-bond donors (Lipinski definition) is 2. The fourth-order valence-corrected chi connectivity index (χ4v) is 0.337. The van der Waals surface area contributed by atoms with Crippen LogP contribution in [-0.2, 0) is 4.84 Å². The molecular weight excluding hydrogens is 148 g/mol. The second kappa shape index (κ2) is 5.44. The minimum absolute atomic E-state index is 0.200. The molecule has 0 amide bonds. The highest BCUT2D eigenvalue weighted by molar-refractivity contribution is 7.80. The van der Waals surface area contributed by atoms with E-state index >= 15 is 0 Å². The van der Waals surface area contributed by atoms with Gasteiger partial charge >= 0.3 is 0 Å². The van der Waals surface area contributed by atoms with E-state index in [1.165, 1.54) is 0 Å². The number of thiocarbonyl (C=S) groups is 1. The van der Waals surface area contributed by atoms with E-state index in [1.807, 2.05) is 6.92 Å². The molecule has 1 atom stereocenters. The topological polar surface area (TPSA) is 33.3 Å².